The zero-order chi connectivity index (χ0) is 9.56. The van der Waals surface area contributed by atoms with E-state index in [1.165, 1.54) is 0 Å². The Kier molecular flexibility index (Phi) is 4.77. The third-order valence-corrected chi connectivity index (χ3v) is 1.42. The Bertz CT molecular complexity index is 236. The van der Waals surface area contributed by atoms with Crippen molar-refractivity contribution < 1.29 is 4.79 Å². The molecular weight excluding hydrogens is 150 g/mol. The van der Waals surface area contributed by atoms with Crippen molar-refractivity contribution >= 4 is 5.78 Å². The fourth-order valence-corrected chi connectivity index (χ4v) is 0.762. The number of rotatable bonds is 4. The Balaban J connectivity index is 4.66. The van der Waals surface area contributed by atoms with Crippen LogP contribution in [0, 0.1) is 0 Å². The molecule has 2 N–H and O–H groups in total. The van der Waals surface area contributed by atoms with Gasteiger partial charge in [-0.3, -0.25) is 4.79 Å². The minimum atomic E-state index is 0.0283. The first kappa shape index (κ1) is 10.7. The number of ketones is 1. The van der Waals surface area contributed by atoms with Crippen LogP contribution in [0.15, 0.2) is 36.1 Å². The number of carbonyl (C=O) groups excluding carboxylic acids is 1. The third-order valence-electron chi connectivity index (χ3n) is 1.42. The first-order valence-corrected chi connectivity index (χ1v) is 3.94. The lowest BCUT2D eigenvalue weighted by atomic mass is 10.1. The van der Waals surface area contributed by atoms with Crippen LogP contribution in [0.3, 0.4) is 0 Å². The van der Waals surface area contributed by atoms with Crippen LogP contribution in [0.5, 0.6) is 0 Å². The average molecular weight is 165 g/mol. The fourth-order valence-electron chi connectivity index (χ4n) is 0.762. The molecule has 0 unspecified atom stereocenters. The van der Waals surface area contributed by atoms with Crippen LogP contribution in [0.2, 0.25) is 0 Å². The van der Waals surface area contributed by atoms with Crippen molar-refractivity contribution in [3.8, 4) is 0 Å². The van der Waals surface area contributed by atoms with Gasteiger partial charge >= 0.3 is 0 Å². The molecule has 0 radical (unpaired) electrons. The van der Waals surface area contributed by atoms with E-state index in [0.717, 1.165) is 0 Å². The second-order valence-corrected chi connectivity index (χ2v) is 2.41. The summed E-state index contributed by atoms with van der Waals surface area (Å²) in [6.45, 7) is 7.21. The van der Waals surface area contributed by atoms with Crippen molar-refractivity contribution in [2.75, 3.05) is 0 Å². The van der Waals surface area contributed by atoms with Crippen molar-refractivity contribution in [3.63, 3.8) is 0 Å². The van der Waals surface area contributed by atoms with Gasteiger partial charge in [0.1, 0.15) is 0 Å². The summed E-state index contributed by atoms with van der Waals surface area (Å²) in [5.41, 5.74) is 6.28. The molecule has 2 heteroatoms. The number of carbonyl (C=O) groups is 1. The minimum Gasteiger partial charge on any atom is -0.399 e. The van der Waals surface area contributed by atoms with Crippen LogP contribution < -0.4 is 5.73 Å². The van der Waals surface area contributed by atoms with Gasteiger partial charge in [0, 0.05) is 17.7 Å². The lowest BCUT2D eigenvalue weighted by Crippen LogP contribution is -2.08. The summed E-state index contributed by atoms with van der Waals surface area (Å²) in [5.74, 6) is 0.0283. The summed E-state index contributed by atoms with van der Waals surface area (Å²) in [5, 5.41) is 0. The first-order valence-electron chi connectivity index (χ1n) is 3.94. The minimum absolute atomic E-state index is 0.0283. The highest BCUT2D eigenvalue weighted by Crippen LogP contribution is 2.06. The van der Waals surface area contributed by atoms with Gasteiger partial charge in [0.15, 0.2) is 5.78 Å². The maximum atomic E-state index is 11.2. The third kappa shape index (κ3) is 3.19. The number of hydrogen-bond donors (Lipinski definition) is 1. The standard InChI is InChI=1S/C10H15NO/c1-4-6-7-9(8(3)11)10(12)5-2/h4,6-7H,3,5,11H2,1-2H3/b6-4-,9-7+. The molecule has 0 bridgehead atoms. The van der Waals surface area contributed by atoms with Gasteiger partial charge in [0.05, 0.1) is 0 Å². The van der Waals surface area contributed by atoms with Gasteiger partial charge in [-0.1, -0.05) is 25.7 Å². The largest absolute Gasteiger partial charge is 0.399 e. The molecule has 0 saturated carbocycles. The number of nitrogens with two attached hydrogens (primary N) is 1. The molecule has 0 aromatic rings. The molecule has 0 atom stereocenters. The molecule has 0 aromatic carbocycles. The number of allylic oxidation sites excluding steroid dienone is 4. The Morgan fingerprint density at radius 3 is 2.50 bits per heavy atom. The van der Waals surface area contributed by atoms with Crippen LogP contribution in [-0.4, -0.2) is 5.78 Å². The Morgan fingerprint density at radius 2 is 2.17 bits per heavy atom. The highest BCUT2D eigenvalue weighted by Gasteiger charge is 2.06. The van der Waals surface area contributed by atoms with Crippen LogP contribution in [0.4, 0.5) is 0 Å². The first-order chi connectivity index (χ1) is 5.63. The molecule has 0 heterocycles. The van der Waals surface area contributed by atoms with E-state index >= 15 is 0 Å². The Morgan fingerprint density at radius 1 is 1.58 bits per heavy atom. The quantitative estimate of drug-likeness (QED) is 0.511. The van der Waals surface area contributed by atoms with Gasteiger partial charge in [-0.15, -0.1) is 0 Å². The SMILES string of the molecule is C=C(N)/C(=C\C=C/C)C(=O)CC. The lowest BCUT2D eigenvalue weighted by molar-refractivity contribution is -0.115. The molecule has 66 valence electrons. The maximum Gasteiger partial charge on any atom is 0.164 e. The summed E-state index contributed by atoms with van der Waals surface area (Å²) in [6, 6.07) is 0. The maximum absolute atomic E-state index is 11.2. The van der Waals surface area contributed by atoms with Gasteiger partial charge in [-0.2, -0.15) is 0 Å². The van der Waals surface area contributed by atoms with Gasteiger partial charge in [0.25, 0.3) is 0 Å². The smallest absolute Gasteiger partial charge is 0.164 e. The lowest BCUT2D eigenvalue weighted by Gasteiger charge is -2.01. The normalized spacial score (nSPS) is 12.0. The summed E-state index contributed by atoms with van der Waals surface area (Å²) in [7, 11) is 0. The molecule has 0 aliphatic rings. The molecule has 0 fully saturated rings. The predicted molar refractivity (Wildman–Crippen MR) is 51.5 cm³/mol. The van der Waals surface area contributed by atoms with Crippen molar-refractivity contribution in [2.45, 2.75) is 20.3 Å². The van der Waals surface area contributed by atoms with Crippen LogP contribution >= 0.6 is 0 Å². The number of hydrogen-bond acceptors (Lipinski definition) is 2. The van der Waals surface area contributed by atoms with Crippen LogP contribution in [-0.2, 0) is 4.79 Å². The molecule has 0 rings (SSSR count). The Labute approximate surface area is 73.5 Å². The van der Waals surface area contributed by atoms with E-state index in [1.54, 1.807) is 19.1 Å². The van der Waals surface area contributed by atoms with Crippen LogP contribution in [0.1, 0.15) is 20.3 Å². The molecule has 0 spiro atoms. The Hall–Kier alpha value is -1.31. The summed E-state index contributed by atoms with van der Waals surface area (Å²) < 4.78 is 0. The van der Waals surface area contributed by atoms with E-state index in [2.05, 4.69) is 6.58 Å². The molecule has 2 nitrogen and oxygen atoms in total. The van der Waals surface area contributed by atoms with Gasteiger partial charge < -0.3 is 5.73 Å². The van der Waals surface area contributed by atoms with Crippen molar-refractivity contribution in [1.82, 2.24) is 0 Å². The van der Waals surface area contributed by atoms with E-state index < -0.39 is 0 Å². The zero-order valence-electron chi connectivity index (χ0n) is 7.63. The van der Waals surface area contributed by atoms with E-state index in [4.69, 9.17) is 5.73 Å². The van der Waals surface area contributed by atoms with Crippen molar-refractivity contribution in [3.05, 3.63) is 36.1 Å². The molecular formula is C10H15NO. The summed E-state index contributed by atoms with van der Waals surface area (Å²) >= 11 is 0. The van der Waals surface area contributed by atoms with E-state index in [1.807, 2.05) is 13.0 Å². The molecule has 12 heavy (non-hydrogen) atoms. The second kappa shape index (κ2) is 5.35. The fraction of sp³-hybridized carbons (Fsp3) is 0.300. The van der Waals surface area contributed by atoms with Crippen LogP contribution in [0.25, 0.3) is 0 Å². The van der Waals surface area contributed by atoms with Gasteiger partial charge in [-0.05, 0) is 13.0 Å². The van der Waals surface area contributed by atoms with E-state index in [-0.39, 0.29) is 5.78 Å². The molecule has 0 aliphatic heterocycles. The highest BCUT2D eigenvalue weighted by atomic mass is 16.1. The zero-order valence-corrected chi connectivity index (χ0v) is 7.63. The van der Waals surface area contributed by atoms with E-state index in [9.17, 15) is 4.79 Å². The predicted octanol–water partition coefficient (Wildman–Crippen LogP) is 1.94. The van der Waals surface area contributed by atoms with Gasteiger partial charge in [0.2, 0.25) is 0 Å². The molecule has 0 amide bonds. The van der Waals surface area contributed by atoms with Crippen molar-refractivity contribution in [2.24, 2.45) is 5.73 Å². The summed E-state index contributed by atoms with van der Waals surface area (Å²) in [6.07, 6.45) is 5.76. The second-order valence-electron chi connectivity index (χ2n) is 2.41. The summed E-state index contributed by atoms with van der Waals surface area (Å²) in [4.78, 5) is 11.2. The average Bonchev–Trinajstić information content (AvgIpc) is 2.04. The molecule has 0 aromatic heterocycles. The van der Waals surface area contributed by atoms with Crippen molar-refractivity contribution in [1.29, 1.82) is 0 Å². The van der Waals surface area contributed by atoms with Gasteiger partial charge in [-0.25, -0.2) is 0 Å². The highest BCUT2D eigenvalue weighted by molar-refractivity contribution is 5.99. The monoisotopic (exact) mass is 165 g/mol. The molecule has 0 aliphatic carbocycles. The molecule has 0 saturated heterocycles. The topological polar surface area (TPSA) is 43.1 Å². The number of Topliss-reactive ketones (excluding diaryl/α,β-unsaturated/α-hetero) is 1. The van der Waals surface area contributed by atoms with E-state index in [0.29, 0.717) is 17.7 Å².